The van der Waals surface area contributed by atoms with Crippen LogP contribution in [0.4, 0.5) is 0 Å². The Balaban J connectivity index is 1.89. The predicted molar refractivity (Wildman–Crippen MR) is 106 cm³/mol. The fourth-order valence-electron chi connectivity index (χ4n) is 2.76. The summed E-state index contributed by atoms with van der Waals surface area (Å²) in [6.45, 7) is 0. The van der Waals surface area contributed by atoms with Crippen molar-refractivity contribution >= 4 is 34.0 Å². The average Bonchev–Trinajstić information content (AvgIpc) is 3.23. The van der Waals surface area contributed by atoms with E-state index < -0.39 is 0 Å². The van der Waals surface area contributed by atoms with Crippen molar-refractivity contribution in [2.45, 2.75) is 0 Å². The fourth-order valence-corrected chi connectivity index (χ4v) is 3.85. The minimum Gasteiger partial charge on any atom is -0.493 e. The number of hydrogen-bond donors (Lipinski definition) is 0. The lowest BCUT2D eigenvalue weighted by Crippen LogP contribution is -2.23. The van der Waals surface area contributed by atoms with E-state index in [-0.39, 0.29) is 5.56 Å². The van der Waals surface area contributed by atoms with E-state index in [1.807, 2.05) is 24.3 Å². The van der Waals surface area contributed by atoms with Gasteiger partial charge in [0.25, 0.3) is 5.56 Å². The van der Waals surface area contributed by atoms with E-state index in [2.05, 4.69) is 10.2 Å². The Morgan fingerprint density at radius 3 is 2.59 bits per heavy atom. The third-order valence-corrected chi connectivity index (χ3v) is 5.39. The van der Waals surface area contributed by atoms with Gasteiger partial charge in [-0.05, 0) is 35.9 Å². The van der Waals surface area contributed by atoms with E-state index in [0.29, 0.717) is 37.4 Å². The molecule has 0 radical (unpaired) electrons. The fraction of sp³-hybridized carbons (Fsp3) is 0.105. The van der Waals surface area contributed by atoms with Crippen LogP contribution in [-0.2, 0) is 0 Å². The van der Waals surface area contributed by atoms with Crippen molar-refractivity contribution in [3.63, 3.8) is 0 Å². The molecular formula is C19H14ClN3O3S. The summed E-state index contributed by atoms with van der Waals surface area (Å²) in [5, 5.41) is 8.90. The van der Waals surface area contributed by atoms with E-state index in [4.69, 9.17) is 21.1 Å². The maximum absolute atomic E-state index is 12.9. The zero-order valence-corrected chi connectivity index (χ0v) is 16.0. The quantitative estimate of drug-likeness (QED) is 0.527. The maximum Gasteiger partial charge on any atom is 0.276 e. The van der Waals surface area contributed by atoms with Crippen LogP contribution in [0, 0.1) is 0 Å². The molecule has 6 nitrogen and oxygen atoms in total. The van der Waals surface area contributed by atoms with Crippen molar-refractivity contribution in [2.75, 3.05) is 14.2 Å². The molecule has 27 heavy (non-hydrogen) atoms. The number of aromatic nitrogens is 3. The number of rotatable bonds is 4. The van der Waals surface area contributed by atoms with Crippen LogP contribution in [0.2, 0.25) is 5.02 Å². The van der Waals surface area contributed by atoms with Gasteiger partial charge in [-0.1, -0.05) is 41.1 Å². The molecule has 0 aliphatic carbocycles. The van der Waals surface area contributed by atoms with Gasteiger partial charge in [0.15, 0.2) is 17.3 Å². The third-order valence-electron chi connectivity index (χ3n) is 4.08. The minimum atomic E-state index is -0.190. The third kappa shape index (κ3) is 3.05. The molecule has 0 N–H and O–H groups in total. The summed E-state index contributed by atoms with van der Waals surface area (Å²) in [4.78, 5) is 13.5. The molecular weight excluding hydrogens is 386 g/mol. The van der Waals surface area contributed by atoms with Crippen LogP contribution >= 0.6 is 22.9 Å². The molecule has 0 aliphatic rings. The molecule has 0 spiro atoms. The van der Waals surface area contributed by atoms with Crippen LogP contribution in [0.3, 0.4) is 0 Å². The number of thiazole rings is 1. The zero-order valence-electron chi connectivity index (χ0n) is 14.5. The van der Waals surface area contributed by atoms with Gasteiger partial charge >= 0.3 is 0 Å². The molecule has 0 saturated carbocycles. The SMILES string of the molecule is COc1ccc(-c2nnc3s/c(=C/c4ccccc4Cl)c(=O)n23)cc1OC. The number of nitrogens with zero attached hydrogens (tertiary/aromatic N) is 3. The van der Waals surface area contributed by atoms with Crippen LogP contribution in [0.25, 0.3) is 22.4 Å². The summed E-state index contributed by atoms with van der Waals surface area (Å²) in [6, 6.07) is 12.7. The van der Waals surface area contributed by atoms with Crippen LogP contribution in [0.5, 0.6) is 11.5 Å². The van der Waals surface area contributed by atoms with Crippen LogP contribution < -0.4 is 19.6 Å². The molecule has 0 unspecified atom stereocenters. The second-order valence-corrected chi connectivity index (χ2v) is 7.06. The van der Waals surface area contributed by atoms with Gasteiger partial charge in [0.1, 0.15) is 0 Å². The van der Waals surface area contributed by atoms with Gasteiger partial charge in [-0.15, -0.1) is 10.2 Å². The first kappa shape index (κ1) is 17.5. The van der Waals surface area contributed by atoms with E-state index in [0.717, 1.165) is 5.56 Å². The first-order valence-corrected chi connectivity index (χ1v) is 9.18. The summed E-state index contributed by atoms with van der Waals surface area (Å²) in [7, 11) is 3.12. The van der Waals surface area contributed by atoms with Crippen molar-refractivity contribution in [3.05, 3.63) is 67.9 Å². The molecule has 4 aromatic rings. The van der Waals surface area contributed by atoms with Crippen LogP contribution in [0.1, 0.15) is 5.56 Å². The summed E-state index contributed by atoms with van der Waals surface area (Å²) in [5.41, 5.74) is 1.30. The van der Waals surface area contributed by atoms with E-state index in [1.54, 1.807) is 38.5 Å². The summed E-state index contributed by atoms with van der Waals surface area (Å²) < 4.78 is 12.6. The molecule has 4 rings (SSSR count). The zero-order chi connectivity index (χ0) is 19.0. The second-order valence-electron chi connectivity index (χ2n) is 5.65. The van der Waals surface area contributed by atoms with Crippen LogP contribution in [-0.4, -0.2) is 28.8 Å². The molecule has 0 fully saturated rings. The highest BCUT2D eigenvalue weighted by atomic mass is 35.5. The van der Waals surface area contributed by atoms with E-state index in [9.17, 15) is 4.79 Å². The van der Waals surface area contributed by atoms with Gasteiger partial charge < -0.3 is 9.47 Å². The Morgan fingerprint density at radius 2 is 1.85 bits per heavy atom. The maximum atomic E-state index is 12.9. The smallest absolute Gasteiger partial charge is 0.276 e. The predicted octanol–water partition coefficient (Wildman–Crippen LogP) is 3.04. The topological polar surface area (TPSA) is 65.7 Å². The van der Waals surface area contributed by atoms with Crippen molar-refractivity contribution < 1.29 is 9.47 Å². The summed E-state index contributed by atoms with van der Waals surface area (Å²) in [6.07, 6.45) is 1.77. The van der Waals surface area contributed by atoms with Crippen molar-refractivity contribution in [2.24, 2.45) is 0 Å². The molecule has 8 heteroatoms. The Morgan fingerprint density at radius 1 is 1.07 bits per heavy atom. The first-order valence-electron chi connectivity index (χ1n) is 7.99. The monoisotopic (exact) mass is 399 g/mol. The Labute approximate surface area is 163 Å². The van der Waals surface area contributed by atoms with Crippen molar-refractivity contribution in [1.29, 1.82) is 0 Å². The number of methoxy groups -OCH3 is 2. The first-order chi connectivity index (χ1) is 13.1. The Bertz CT molecular complexity index is 1250. The largest absolute Gasteiger partial charge is 0.493 e. The summed E-state index contributed by atoms with van der Waals surface area (Å²) >= 11 is 7.47. The second kappa shape index (κ2) is 7.02. The number of ether oxygens (including phenoxy) is 2. The molecule has 0 atom stereocenters. The number of halogens is 1. The highest BCUT2D eigenvalue weighted by Crippen LogP contribution is 2.31. The Hall–Kier alpha value is -2.90. The minimum absolute atomic E-state index is 0.190. The highest BCUT2D eigenvalue weighted by molar-refractivity contribution is 7.15. The average molecular weight is 400 g/mol. The van der Waals surface area contributed by atoms with Crippen molar-refractivity contribution in [1.82, 2.24) is 14.6 Å². The van der Waals surface area contributed by atoms with E-state index >= 15 is 0 Å². The van der Waals surface area contributed by atoms with Gasteiger partial charge in [-0.2, -0.15) is 0 Å². The highest BCUT2D eigenvalue weighted by Gasteiger charge is 2.16. The molecule has 0 amide bonds. The molecule has 0 saturated heterocycles. The number of fused-ring (bicyclic) bond motifs is 1. The number of benzene rings is 2. The standard InChI is InChI=1S/C19H14ClN3O3S/c1-25-14-8-7-12(9-15(14)26-2)17-21-22-19-23(17)18(24)16(27-19)10-11-5-3-4-6-13(11)20/h3-10H,1-2H3/b16-10+. The van der Waals surface area contributed by atoms with Crippen molar-refractivity contribution in [3.8, 4) is 22.9 Å². The molecule has 2 aromatic heterocycles. The van der Waals surface area contributed by atoms with Gasteiger partial charge in [0.2, 0.25) is 4.96 Å². The lowest BCUT2D eigenvalue weighted by atomic mass is 10.2. The molecule has 2 heterocycles. The van der Waals surface area contributed by atoms with Gasteiger partial charge in [-0.25, -0.2) is 4.40 Å². The molecule has 2 aromatic carbocycles. The lowest BCUT2D eigenvalue weighted by Gasteiger charge is -2.08. The number of hydrogen-bond acceptors (Lipinski definition) is 6. The molecule has 0 bridgehead atoms. The van der Waals surface area contributed by atoms with Gasteiger partial charge in [0.05, 0.1) is 18.8 Å². The van der Waals surface area contributed by atoms with Gasteiger partial charge in [0, 0.05) is 10.6 Å². The molecule has 0 aliphatic heterocycles. The van der Waals surface area contributed by atoms with Crippen LogP contribution in [0.15, 0.2) is 47.3 Å². The molecule has 136 valence electrons. The normalized spacial score (nSPS) is 11.9. The summed E-state index contributed by atoms with van der Waals surface area (Å²) in [5.74, 6) is 1.60. The van der Waals surface area contributed by atoms with E-state index in [1.165, 1.54) is 15.7 Å². The Kier molecular flexibility index (Phi) is 4.55. The lowest BCUT2D eigenvalue weighted by molar-refractivity contribution is 0.355. The van der Waals surface area contributed by atoms with Gasteiger partial charge in [-0.3, -0.25) is 4.79 Å².